The summed E-state index contributed by atoms with van der Waals surface area (Å²) in [6.07, 6.45) is 0. The van der Waals surface area contributed by atoms with Crippen LogP contribution in [0.1, 0.15) is 5.56 Å². The molecule has 3 aromatic rings. The van der Waals surface area contributed by atoms with E-state index in [1.54, 1.807) is 0 Å². The molecule has 0 aliphatic carbocycles. The molecule has 2 aromatic carbocycles. The summed E-state index contributed by atoms with van der Waals surface area (Å²) in [6, 6.07) is 13.3. The van der Waals surface area contributed by atoms with E-state index in [2.05, 4.69) is 10.3 Å². The summed E-state index contributed by atoms with van der Waals surface area (Å²) in [7, 11) is 0. The highest BCUT2D eigenvalue weighted by molar-refractivity contribution is 7.14. The minimum absolute atomic E-state index is 0.202. The molecule has 0 saturated heterocycles. The van der Waals surface area contributed by atoms with Gasteiger partial charge in [0, 0.05) is 17.0 Å². The Hall–Kier alpha value is -3.26. The number of benzene rings is 2. The third kappa shape index (κ3) is 5.62. The van der Waals surface area contributed by atoms with Crippen molar-refractivity contribution in [2.75, 3.05) is 18.5 Å². The second kappa shape index (κ2) is 9.09. The van der Waals surface area contributed by atoms with E-state index in [1.165, 1.54) is 29.5 Å². The van der Waals surface area contributed by atoms with Crippen LogP contribution in [0.15, 0.2) is 53.9 Å². The molecule has 1 aromatic heterocycles. The third-order valence-electron chi connectivity index (χ3n) is 3.61. The van der Waals surface area contributed by atoms with Gasteiger partial charge in [0.15, 0.2) is 18.3 Å². The number of esters is 1. The van der Waals surface area contributed by atoms with E-state index in [1.807, 2.05) is 36.6 Å². The van der Waals surface area contributed by atoms with Gasteiger partial charge < -0.3 is 9.47 Å². The number of hydrogen-bond acceptors (Lipinski definition) is 6. The molecule has 1 heterocycles. The Morgan fingerprint density at radius 1 is 1.14 bits per heavy atom. The number of carbonyl (C=O) groups excluding carboxylic acids is 2. The Kier molecular flexibility index (Phi) is 6.33. The lowest BCUT2D eigenvalue weighted by molar-refractivity contribution is -0.149. The van der Waals surface area contributed by atoms with Crippen molar-refractivity contribution in [3.63, 3.8) is 0 Å². The first kappa shape index (κ1) is 19.5. The molecule has 0 aliphatic rings. The Balaban J connectivity index is 1.44. The van der Waals surface area contributed by atoms with Crippen LogP contribution in [0.2, 0.25) is 0 Å². The highest BCUT2D eigenvalue weighted by Gasteiger charge is 2.11. The SMILES string of the molecule is Cc1ccc(-c2csc(NC(=O)COC(=O)COc3cccc(F)c3)n2)cc1. The lowest BCUT2D eigenvalue weighted by Gasteiger charge is -2.07. The summed E-state index contributed by atoms with van der Waals surface area (Å²) in [5.41, 5.74) is 2.85. The maximum Gasteiger partial charge on any atom is 0.344 e. The van der Waals surface area contributed by atoms with E-state index in [-0.39, 0.29) is 5.75 Å². The molecule has 0 bridgehead atoms. The van der Waals surface area contributed by atoms with Crippen molar-refractivity contribution in [1.29, 1.82) is 0 Å². The lowest BCUT2D eigenvalue weighted by Crippen LogP contribution is -2.23. The van der Waals surface area contributed by atoms with Gasteiger partial charge in [-0.05, 0) is 19.1 Å². The number of amides is 1. The molecule has 1 amide bonds. The first-order valence-electron chi connectivity index (χ1n) is 8.36. The molecule has 1 N–H and O–H groups in total. The van der Waals surface area contributed by atoms with Crippen LogP contribution in [0, 0.1) is 12.7 Å². The van der Waals surface area contributed by atoms with Gasteiger partial charge in [-0.3, -0.25) is 10.1 Å². The standard InChI is InChI=1S/C20H17FN2O4S/c1-13-5-7-14(8-6-13)17-12-28-20(22-17)23-18(24)10-27-19(25)11-26-16-4-2-3-15(21)9-16/h2-9,12H,10-11H2,1H3,(H,22,23,24). The first-order valence-corrected chi connectivity index (χ1v) is 9.24. The fourth-order valence-electron chi connectivity index (χ4n) is 2.23. The van der Waals surface area contributed by atoms with E-state index < -0.39 is 30.9 Å². The van der Waals surface area contributed by atoms with Crippen molar-refractivity contribution in [3.8, 4) is 17.0 Å². The summed E-state index contributed by atoms with van der Waals surface area (Å²) >= 11 is 1.28. The summed E-state index contributed by atoms with van der Waals surface area (Å²) in [5, 5.41) is 4.82. The number of anilines is 1. The minimum atomic E-state index is -0.737. The smallest absolute Gasteiger partial charge is 0.344 e. The molecule has 3 rings (SSSR count). The maximum absolute atomic E-state index is 13.0. The largest absolute Gasteiger partial charge is 0.482 e. The number of halogens is 1. The van der Waals surface area contributed by atoms with Crippen molar-refractivity contribution in [1.82, 2.24) is 4.98 Å². The fraction of sp³-hybridized carbons (Fsp3) is 0.150. The van der Waals surface area contributed by atoms with Crippen LogP contribution in [0.25, 0.3) is 11.3 Å². The van der Waals surface area contributed by atoms with Crippen LogP contribution in [0.3, 0.4) is 0 Å². The average molecular weight is 400 g/mol. The molecule has 28 heavy (non-hydrogen) atoms. The molecule has 0 aliphatic heterocycles. The van der Waals surface area contributed by atoms with Gasteiger partial charge in [-0.25, -0.2) is 14.2 Å². The number of aromatic nitrogens is 1. The van der Waals surface area contributed by atoms with Crippen molar-refractivity contribution in [2.45, 2.75) is 6.92 Å². The van der Waals surface area contributed by atoms with Crippen molar-refractivity contribution < 1.29 is 23.5 Å². The number of thiazole rings is 1. The number of nitrogens with zero attached hydrogens (tertiary/aromatic N) is 1. The molecule has 8 heteroatoms. The zero-order chi connectivity index (χ0) is 19.9. The maximum atomic E-state index is 13.0. The van der Waals surface area contributed by atoms with E-state index in [0.29, 0.717) is 5.13 Å². The van der Waals surface area contributed by atoms with E-state index >= 15 is 0 Å². The predicted octanol–water partition coefficient (Wildman–Crippen LogP) is 3.82. The van der Waals surface area contributed by atoms with E-state index in [0.717, 1.165) is 22.9 Å². The summed E-state index contributed by atoms with van der Waals surface area (Å²) in [4.78, 5) is 27.9. The van der Waals surface area contributed by atoms with Gasteiger partial charge in [0.05, 0.1) is 5.69 Å². The van der Waals surface area contributed by atoms with E-state index in [4.69, 9.17) is 9.47 Å². The van der Waals surface area contributed by atoms with Gasteiger partial charge in [0.25, 0.3) is 5.91 Å². The normalized spacial score (nSPS) is 10.4. The summed E-state index contributed by atoms with van der Waals surface area (Å²) in [5.74, 6) is -1.52. The van der Waals surface area contributed by atoms with Crippen LogP contribution in [0.4, 0.5) is 9.52 Å². The number of rotatable bonds is 7. The molecule has 0 spiro atoms. The predicted molar refractivity (Wildman–Crippen MR) is 104 cm³/mol. The first-order chi connectivity index (χ1) is 13.5. The summed E-state index contributed by atoms with van der Waals surface area (Å²) < 4.78 is 23.0. The molecule has 0 saturated carbocycles. The van der Waals surface area contributed by atoms with Crippen LogP contribution in [0.5, 0.6) is 5.75 Å². The molecule has 6 nitrogen and oxygen atoms in total. The van der Waals surface area contributed by atoms with Crippen LogP contribution in [-0.4, -0.2) is 30.1 Å². The summed E-state index contributed by atoms with van der Waals surface area (Å²) in [6.45, 7) is 1.11. The number of nitrogens with one attached hydrogen (secondary N) is 1. The highest BCUT2D eigenvalue weighted by Crippen LogP contribution is 2.25. The quantitative estimate of drug-likeness (QED) is 0.610. The molecule has 0 unspecified atom stereocenters. The topological polar surface area (TPSA) is 77.5 Å². The lowest BCUT2D eigenvalue weighted by atomic mass is 10.1. The number of carbonyl (C=O) groups is 2. The Labute approximate surface area is 164 Å². The second-order valence-electron chi connectivity index (χ2n) is 5.86. The Morgan fingerprint density at radius 2 is 1.93 bits per heavy atom. The van der Waals surface area contributed by atoms with Crippen LogP contribution in [-0.2, 0) is 14.3 Å². The van der Waals surface area contributed by atoms with Gasteiger partial charge in [0.2, 0.25) is 0 Å². The van der Waals surface area contributed by atoms with Crippen LogP contribution < -0.4 is 10.1 Å². The molecular weight excluding hydrogens is 383 g/mol. The minimum Gasteiger partial charge on any atom is -0.482 e. The zero-order valence-electron chi connectivity index (χ0n) is 15.0. The molecule has 144 valence electrons. The van der Waals surface area contributed by atoms with Crippen molar-refractivity contribution in [3.05, 3.63) is 65.3 Å². The fourth-order valence-corrected chi connectivity index (χ4v) is 2.97. The van der Waals surface area contributed by atoms with E-state index in [9.17, 15) is 14.0 Å². The van der Waals surface area contributed by atoms with Gasteiger partial charge in [-0.2, -0.15) is 0 Å². The zero-order valence-corrected chi connectivity index (χ0v) is 15.8. The molecule has 0 radical (unpaired) electrons. The monoisotopic (exact) mass is 400 g/mol. The number of hydrogen-bond donors (Lipinski definition) is 1. The molecule has 0 atom stereocenters. The average Bonchev–Trinajstić information content (AvgIpc) is 3.14. The van der Waals surface area contributed by atoms with Gasteiger partial charge in [-0.15, -0.1) is 11.3 Å². The Morgan fingerprint density at radius 3 is 2.68 bits per heavy atom. The second-order valence-corrected chi connectivity index (χ2v) is 6.72. The Bertz CT molecular complexity index is 972. The third-order valence-corrected chi connectivity index (χ3v) is 4.37. The number of ether oxygens (including phenoxy) is 2. The molecule has 0 fully saturated rings. The van der Waals surface area contributed by atoms with Gasteiger partial charge >= 0.3 is 5.97 Å². The molecular formula is C20H17FN2O4S. The highest BCUT2D eigenvalue weighted by atomic mass is 32.1. The van der Waals surface area contributed by atoms with Crippen molar-refractivity contribution >= 4 is 28.3 Å². The van der Waals surface area contributed by atoms with Gasteiger partial charge in [-0.1, -0.05) is 35.9 Å². The van der Waals surface area contributed by atoms with Crippen LogP contribution >= 0.6 is 11.3 Å². The van der Waals surface area contributed by atoms with Gasteiger partial charge in [0.1, 0.15) is 11.6 Å². The number of aryl methyl sites for hydroxylation is 1. The van der Waals surface area contributed by atoms with Crippen molar-refractivity contribution in [2.24, 2.45) is 0 Å².